The van der Waals surface area contributed by atoms with E-state index in [0.717, 1.165) is 23.1 Å². The van der Waals surface area contributed by atoms with Crippen LogP contribution in [0.1, 0.15) is 24.0 Å². The van der Waals surface area contributed by atoms with Crippen molar-refractivity contribution in [2.24, 2.45) is 0 Å². The molecule has 0 fully saturated rings. The molecule has 2 aromatic carbocycles. The van der Waals surface area contributed by atoms with E-state index in [1.807, 2.05) is 32.0 Å². The molecular formula is C20H25ClN2O4S. The van der Waals surface area contributed by atoms with E-state index in [9.17, 15) is 13.2 Å². The molecule has 0 saturated heterocycles. The van der Waals surface area contributed by atoms with E-state index in [-0.39, 0.29) is 18.9 Å². The third-order valence-electron chi connectivity index (χ3n) is 4.09. The summed E-state index contributed by atoms with van der Waals surface area (Å²) >= 11 is 6.11. The van der Waals surface area contributed by atoms with Crippen molar-refractivity contribution in [1.29, 1.82) is 0 Å². The van der Waals surface area contributed by atoms with Gasteiger partial charge in [0.05, 0.1) is 24.1 Å². The monoisotopic (exact) mass is 424 g/mol. The van der Waals surface area contributed by atoms with Crippen molar-refractivity contribution < 1.29 is 17.9 Å². The van der Waals surface area contributed by atoms with Gasteiger partial charge in [-0.25, -0.2) is 8.42 Å². The van der Waals surface area contributed by atoms with Gasteiger partial charge in [0.1, 0.15) is 5.75 Å². The molecular weight excluding hydrogens is 400 g/mol. The highest BCUT2D eigenvalue weighted by Crippen LogP contribution is 2.30. The number of hydrogen-bond acceptors (Lipinski definition) is 4. The highest BCUT2D eigenvalue weighted by atomic mass is 35.5. The minimum absolute atomic E-state index is 0.161. The molecule has 0 radical (unpaired) electrons. The molecule has 0 unspecified atom stereocenters. The molecule has 0 atom stereocenters. The maximum atomic E-state index is 12.2. The Kier molecular flexibility index (Phi) is 7.32. The van der Waals surface area contributed by atoms with Gasteiger partial charge >= 0.3 is 0 Å². The molecule has 0 bridgehead atoms. The minimum Gasteiger partial charge on any atom is -0.495 e. The largest absolute Gasteiger partial charge is 0.495 e. The van der Waals surface area contributed by atoms with Crippen LogP contribution in [-0.2, 0) is 14.8 Å². The van der Waals surface area contributed by atoms with Crippen LogP contribution in [0.4, 0.5) is 11.4 Å². The average Bonchev–Trinajstić information content (AvgIpc) is 2.56. The van der Waals surface area contributed by atoms with Crippen LogP contribution in [0.2, 0.25) is 5.02 Å². The number of sulfonamides is 1. The van der Waals surface area contributed by atoms with Crippen molar-refractivity contribution in [2.45, 2.75) is 26.7 Å². The van der Waals surface area contributed by atoms with Crippen molar-refractivity contribution in [2.75, 3.05) is 29.5 Å². The quantitative estimate of drug-likeness (QED) is 0.690. The van der Waals surface area contributed by atoms with E-state index in [1.54, 1.807) is 12.1 Å². The van der Waals surface area contributed by atoms with Crippen molar-refractivity contribution in [3.63, 3.8) is 0 Å². The lowest BCUT2D eigenvalue weighted by atomic mass is 10.1. The molecule has 0 heterocycles. The molecule has 6 nitrogen and oxygen atoms in total. The predicted octanol–water partition coefficient (Wildman–Crippen LogP) is 4.15. The van der Waals surface area contributed by atoms with Gasteiger partial charge in [-0.05, 0) is 61.7 Å². The van der Waals surface area contributed by atoms with E-state index < -0.39 is 10.0 Å². The lowest BCUT2D eigenvalue weighted by Gasteiger charge is -2.23. The lowest BCUT2D eigenvalue weighted by Crippen LogP contribution is -2.31. The first-order valence-electron chi connectivity index (χ1n) is 8.79. The van der Waals surface area contributed by atoms with Gasteiger partial charge < -0.3 is 10.1 Å². The lowest BCUT2D eigenvalue weighted by molar-refractivity contribution is -0.116. The second-order valence-corrected chi connectivity index (χ2v) is 9.00. The molecule has 1 amide bonds. The van der Waals surface area contributed by atoms with Gasteiger partial charge in [0, 0.05) is 18.7 Å². The molecule has 152 valence electrons. The number of nitrogens with one attached hydrogen (secondary N) is 1. The Morgan fingerprint density at radius 1 is 1.14 bits per heavy atom. The molecule has 0 spiro atoms. The number of nitrogens with zero attached hydrogens (tertiary/aromatic N) is 1. The van der Waals surface area contributed by atoms with Crippen molar-refractivity contribution in [3.8, 4) is 5.75 Å². The normalized spacial score (nSPS) is 11.2. The van der Waals surface area contributed by atoms with Crippen LogP contribution in [0.15, 0.2) is 36.4 Å². The molecule has 0 aliphatic carbocycles. The number of benzene rings is 2. The maximum absolute atomic E-state index is 12.2. The highest BCUT2D eigenvalue weighted by molar-refractivity contribution is 7.92. The summed E-state index contributed by atoms with van der Waals surface area (Å²) in [7, 11) is -2.03. The van der Waals surface area contributed by atoms with Gasteiger partial charge in [-0.3, -0.25) is 9.10 Å². The van der Waals surface area contributed by atoms with E-state index in [0.29, 0.717) is 22.9 Å². The molecule has 0 aliphatic rings. The Morgan fingerprint density at radius 2 is 1.79 bits per heavy atom. The standard InChI is InChI=1S/C20H25ClN2O4S/c1-14-10-15(2)12-16(11-14)22-20(24)6-5-9-23(28(4,25)26)17-7-8-19(27-3)18(21)13-17/h7-8,10-13H,5-6,9H2,1-4H3,(H,22,24). The van der Waals surface area contributed by atoms with Crippen LogP contribution in [-0.4, -0.2) is 34.2 Å². The highest BCUT2D eigenvalue weighted by Gasteiger charge is 2.19. The third-order valence-corrected chi connectivity index (χ3v) is 5.58. The van der Waals surface area contributed by atoms with Crippen LogP contribution in [0.25, 0.3) is 0 Å². The number of carbonyl (C=O) groups excluding carboxylic acids is 1. The summed E-state index contributed by atoms with van der Waals surface area (Å²) in [5.74, 6) is 0.304. The number of aryl methyl sites for hydroxylation is 2. The molecule has 2 rings (SSSR count). The Balaban J connectivity index is 2.02. The zero-order chi connectivity index (χ0) is 20.9. The fraction of sp³-hybridized carbons (Fsp3) is 0.350. The Morgan fingerprint density at radius 3 is 2.32 bits per heavy atom. The number of methoxy groups -OCH3 is 1. The molecule has 0 aliphatic heterocycles. The molecule has 8 heteroatoms. The van der Waals surface area contributed by atoms with Gasteiger partial charge in [-0.15, -0.1) is 0 Å². The number of amides is 1. The number of rotatable bonds is 8. The van der Waals surface area contributed by atoms with Crippen LogP contribution >= 0.6 is 11.6 Å². The van der Waals surface area contributed by atoms with E-state index in [4.69, 9.17) is 16.3 Å². The van der Waals surface area contributed by atoms with Gasteiger partial charge in [0.15, 0.2) is 0 Å². The topological polar surface area (TPSA) is 75.7 Å². The summed E-state index contributed by atoms with van der Waals surface area (Å²) < 4.78 is 30.7. The van der Waals surface area contributed by atoms with Crippen molar-refractivity contribution in [3.05, 3.63) is 52.5 Å². The van der Waals surface area contributed by atoms with Gasteiger partial charge in [-0.1, -0.05) is 17.7 Å². The van der Waals surface area contributed by atoms with Crippen LogP contribution < -0.4 is 14.4 Å². The minimum atomic E-state index is -3.52. The van der Waals surface area contributed by atoms with Crippen molar-refractivity contribution >= 4 is 38.9 Å². The summed E-state index contributed by atoms with van der Waals surface area (Å²) in [5, 5.41) is 3.18. The van der Waals surface area contributed by atoms with E-state index >= 15 is 0 Å². The number of hydrogen-bond donors (Lipinski definition) is 1. The Labute approximate surface area is 171 Å². The fourth-order valence-corrected chi connectivity index (χ4v) is 4.16. The summed E-state index contributed by atoms with van der Waals surface area (Å²) in [6, 6.07) is 10.6. The second-order valence-electron chi connectivity index (χ2n) is 6.68. The Hall–Kier alpha value is -2.25. The van der Waals surface area contributed by atoms with E-state index in [2.05, 4.69) is 5.32 Å². The zero-order valence-corrected chi connectivity index (χ0v) is 18.0. The maximum Gasteiger partial charge on any atom is 0.232 e. The van der Waals surface area contributed by atoms with Crippen molar-refractivity contribution in [1.82, 2.24) is 0 Å². The number of carbonyl (C=O) groups is 1. The van der Waals surface area contributed by atoms with Crippen LogP contribution in [0, 0.1) is 13.8 Å². The van der Waals surface area contributed by atoms with Crippen LogP contribution in [0.3, 0.4) is 0 Å². The molecule has 0 aromatic heterocycles. The molecule has 28 heavy (non-hydrogen) atoms. The summed E-state index contributed by atoms with van der Waals surface area (Å²) in [5.41, 5.74) is 3.30. The van der Waals surface area contributed by atoms with Crippen LogP contribution in [0.5, 0.6) is 5.75 Å². The fourth-order valence-electron chi connectivity index (χ4n) is 2.95. The number of ether oxygens (including phenoxy) is 1. The molecule has 1 N–H and O–H groups in total. The summed E-state index contributed by atoms with van der Waals surface area (Å²) in [4.78, 5) is 12.2. The van der Waals surface area contributed by atoms with Gasteiger partial charge in [0.2, 0.25) is 15.9 Å². The first-order valence-corrected chi connectivity index (χ1v) is 11.0. The summed E-state index contributed by atoms with van der Waals surface area (Å²) in [6.07, 6.45) is 1.69. The van der Waals surface area contributed by atoms with Gasteiger partial charge in [0.25, 0.3) is 0 Å². The van der Waals surface area contributed by atoms with Gasteiger partial charge in [-0.2, -0.15) is 0 Å². The predicted molar refractivity (Wildman–Crippen MR) is 114 cm³/mol. The van der Waals surface area contributed by atoms with E-state index in [1.165, 1.54) is 17.5 Å². The average molecular weight is 425 g/mol. The number of anilines is 2. The SMILES string of the molecule is COc1ccc(N(CCCC(=O)Nc2cc(C)cc(C)c2)S(C)(=O)=O)cc1Cl. The molecule has 2 aromatic rings. The second kappa shape index (κ2) is 9.30. The Bertz CT molecular complexity index is 940. The third kappa shape index (κ3) is 6.14. The summed E-state index contributed by atoms with van der Waals surface area (Å²) in [6.45, 7) is 4.10. The first-order chi connectivity index (χ1) is 13.1. The smallest absolute Gasteiger partial charge is 0.232 e. The first kappa shape index (κ1) is 22.0. The number of halogens is 1. The zero-order valence-electron chi connectivity index (χ0n) is 16.5. The molecule has 0 saturated carbocycles.